The quantitative estimate of drug-likeness (QED) is 0.692. The minimum absolute atomic E-state index is 0.103. The Hall–Kier alpha value is -1.09. The van der Waals surface area contributed by atoms with Crippen molar-refractivity contribution in [3.05, 3.63) is 24.3 Å². The Morgan fingerprint density at radius 2 is 1.88 bits per heavy atom. The fourth-order valence-electron chi connectivity index (χ4n) is 1.31. The van der Waals surface area contributed by atoms with E-state index in [1.807, 2.05) is 38.1 Å². The first-order valence-corrected chi connectivity index (χ1v) is 6.04. The van der Waals surface area contributed by atoms with Gasteiger partial charge in [0, 0.05) is 5.41 Å². The van der Waals surface area contributed by atoms with E-state index < -0.39 is 0 Å². The maximum Gasteiger partial charge on any atom is 0.142 e. The molecule has 0 fully saturated rings. The number of hydrogen-bond donors (Lipinski definition) is 1. The Bertz CT molecular complexity index is 374. The Labute approximate surface area is 103 Å². The highest BCUT2D eigenvalue weighted by Gasteiger charge is 2.28. The molecule has 0 amide bonds. The first kappa shape index (κ1) is 13.0. The van der Waals surface area contributed by atoms with Gasteiger partial charge in [-0.15, -0.1) is 0 Å². The number of anilines is 1. The Morgan fingerprint density at radius 3 is 2.56 bits per heavy atom. The second-order valence-corrected chi connectivity index (χ2v) is 4.53. The van der Waals surface area contributed by atoms with Crippen molar-refractivity contribution in [2.75, 3.05) is 11.9 Å². The third-order valence-electron chi connectivity index (χ3n) is 2.34. The van der Waals surface area contributed by atoms with E-state index in [1.54, 1.807) is 0 Å². The van der Waals surface area contributed by atoms with E-state index in [4.69, 9.17) is 17.0 Å². The third-order valence-corrected chi connectivity index (χ3v) is 2.99. The van der Waals surface area contributed by atoms with Crippen LogP contribution in [0.2, 0.25) is 0 Å². The summed E-state index contributed by atoms with van der Waals surface area (Å²) in [5.74, 6) is 0.875. The molecular formula is C13H19NOS. The number of fused-ring (bicyclic) bond motifs is 1. The standard InChI is InChI=1S/C11H13NOS.C2H6/c1-11(2)7-13-9-6-4-3-5-8(9)12-10(11)14;1-2/h3-6H,7H2,1-2H3,(H,12,14);1-2H3. The highest BCUT2D eigenvalue weighted by Crippen LogP contribution is 2.32. The van der Waals surface area contributed by atoms with E-state index in [0.29, 0.717) is 6.61 Å². The number of para-hydroxylation sites is 2. The summed E-state index contributed by atoms with van der Waals surface area (Å²) in [4.78, 5) is 0.836. The van der Waals surface area contributed by atoms with Crippen LogP contribution in [0.5, 0.6) is 5.75 Å². The van der Waals surface area contributed by atoms with Crippen molar-refractivity contribution in [3.63, 3.8) is 0 Å². The normalized spacial score (nSPS) is 16.9. The Balaban J connectivity index is 0.000000606. The van der Waals surface area contributed by atoms with Crippen LogP contribution in [0.15, 0.2) is 24.3 Å². The lowest BCUT2D eigenvalue weighted by molar-refractivity contribution is 0.242. The van der Waals surface area contributed by atoms with Gasteiger partial charge in [0.2, 0.25) is 0 Å². The lowest BCUT2D eigenvalue weighted by atomic mass is 9.95. The summed E-state index contributed by atoms with van der Waals surface area (Å²) in [6.45, 7) is 8.78. The highest BCUT2D eigenvalue weighted by atomic mass is 32.1. The Kier molecular flexibility index (Phi) is 4.30. The average molecular weight is 237 g/mol. The molecule has 2 rings (SSSR count). The minimum Gasteiger partial charge on any atom is -0.490 e. The van der Waals surface area contributed by atoms with Crippen LogP contribution in [0, 0.1) is 5.41 Å². The molecule has 0 unspecified atom stereocenters. The van der Waals surface area contributed by atoms with Crippen LogP contribution in [-0.2, 0) is 0 Å². The van der Waals surface area contributed by atoms with Crippen LogP contribution in [0.4, 0.5) is 5.69 Å². The lowest BCUT2D eigenvalue weighted by Crippen LogP contribution is -2.32. The van der Waals surface area contributed by atoms with Gasteiger partial charge in [-0.3, -0.25) is 0 Å². The lowest BCUT2D eigenvalue weighted by Gasteiger charge is -2.21. The molecule has 88 valence electrons. The summed E-state index contributed by atoms with van der Waals surface area (Å²) in [6.07, 6.45) is 0. The molecule has 16 heavy (non-hydrogen) atoms. The molecule has 0 spiro atoms. The molecule has 1 aromatic rings. The molecule has 1 heterocycles. The molecule has 1 aliphatic rings. The number of thiocarbonyl (C=S) groups is 1. The van der Waals surface area contributed by atoms with Gasteiger partial charge in [0.25, 0.3) is 0 Å². The van der Waals surface area contributed by atoms with Crippen molar-refractivity contribution < 1.29 is 4.74 Å². The number of rotatable bonds is 0. The van der Waals surface area contributed by atoms with Gasteiger partial charge < -0.3 is 10.1 Å². The molecule has 3 heteroatoms. The molecule has 0 bridgehead atoms. The summed E-state index contributed by atoms with van der Waals surface area (Å²) in [5, 5.41) is 3.22. The summed E-state index contributed by atoms with van der Waals surface area (Å²) >= 11 is 5.31. The van der Waals surface area contributed by atoms with Gasteiger partial charge in [-0.05, 0) is 12.1 Å². The van der Waals surface area contributed by atoms with Crippen LogP contribution < -0.4 is 10.1 Å². The third kappa shape index (κ3) is 2.73. The summed E-state index contributed by atoms with van der Waals surface area (Å²) in [6, 6.07) is 7.85. The SMILES string of the molecule is CC.CC1(C)COc2ccccc2NC1=S. The van der Waals surface area contributed by atoms with E-state index in [9.17, 15) is 0 Å². The maximum atomic E-state index is 5.68. The van der Waals surface area contributed by atoms with Gasteiger partial charge in [0.15, 0.2) is 0 Å². The average Bonchev–Trinajstić information content (AvgIpc) is 2.40. The van der Waals surface area contributed by atoms with Crippen LogP contribution in [0.25, 0.3) is 0 Å². The van der Waals surface area contributed by atoms with Gasteiger partial charge >= 0.3 is 0 Å². The predicted octanol–water partition coefficient (Wildman–Crippen LogP) is 3.87. The summed E-state index contributed by atoms with van der Waals surface area (Å²) in [7, 11) is 0. The fraction of sp³-hybridized carbons (Fsp3) is 0.462. The zero-order chi connectivity index (χ0) is 12.2. The number of hydrogen-bond acceptors (Lipinski definition) is 2. The summed E-state index contributed by atoms with van der Waals surface area (Å²) < 4.78 is 5.68. The number of benzene rings is 1. The van der Waals surface area contributed by atoms with Crippen molar-refractivity contribution >= 4 is 22.9 Å². The predicted molar refractivity (Wildman–Crippen MR) is 73.3 cm³/mol. The second kappa shape index (κ2) is 5.30. The molecule has 0 saturated heterocycles. The van der Waals surface area contributed by atoms with Crippen molar-refractivity contribution in [1.29, 1.82) is 0 Å². The first-order valence-electron chi connectivity index (χ1n) is 5.63. The molecule has 1 N–H and O–H groups in total. The maximum absolute atomic E-state index is 5.68. The topological polar surface area (TPSA) is 21.3 Å². The minimum atomic E-state index is -0.103. The van der Waals surface area contributed by atoms with Crippen molar-refractivity contribution in [1.82, 2.24) is 0 Å². The zero-order valence-electron chi connectivity index (χ0n) is 10.3. The zero-order valence-corrected chi connectivity index (χ0v) is 11.1. The van der Waals surface area contributed by atoms with Gasteiger partial charge in [-0.25, -0.2) is 0 Å². The van der Waals surface area contributed by atoms with Crippen LogP contribution in [-0.4, -0.2) is 11.6 Å². The van der Waals surface area contributed by atoms with Crippen molar-refractivity contribution in [3.8, 4) is 5.75 Å². The first-order chi connectivity index (χ1) is 7.59. The van der Waals surface area contributed by atoms with Crippen LogP contribution in [0.3, 0.4) is 0 Å². The molecule has 0 aromatic heterocycles. The van der Waals surface area contributed by atoms with Gasteiger partial charge in [0.05, 0.1) is 17.3 Å². The largest absolute Gasteiger partial charge is 0.490 e. The van der Waals surface area contributed by atoms with Crippen molar-refractivity contribution in [2.24, 2.45) is 5.41 Å². The van der Waals surface area contributed by atoms with Crippen LogP contribution in [0.1, 0.15) is 27.7 Å². The summed E-state index contributed by atoms with van der Waals surface area (Å²) in [5.41, 5.74) is 0.858. The van der Waals surface area contributed by atoms with E-state index in [2.05, 4.69) is 19.2 Å². The number of ether oxygens (including phenoxy) is 1. The monoisotopic (exact) mass is 237 g/mol. The highest BCUT2D eigenvalue weighted by molar-refractivity contribution is 7.80. The molecule has 2 nitrogen and oxygen atoms in total. The molecule has 1 aliphatic heterocycles. The smallest absolute Gasteiger partial charge is 0.142 e. The van der Waals surface area contributed by atoms with Gasteiger partial charge in [-0.2, -0.15) is 0 Å². The molecular weight excluding hydrogens is 218 g/mol. The second-order valence-electron chi connectivity index (χ2n) is 4.12. The van der Waals surface area contributed by atoms with Gasteiger partial charge in [0.1, 0.15) is 5.75 Å². The molecule has 0 atom stereocenters. The molecule has 0 radical (unpaired) electrons. The number of nitrogens with one attached hydrogen (secondary N) is 1. The van der Waals surface area contributed by atoms with Crippen LogP contribution >= 0.6 is 12.2 Å². The van der Waals surface area contributed by atoms with E-state index in [-0.39, 0.29) is 5.41 Å². The van der Waals surface area contributed by atoms with Crippen molar-refractivity contribution in [2.45, 2.75) is 27.7 Å². The molecule has 0 aliphatic carbocycles. The molecule has 1 aromatic carbocycles. The van der Waals surface area contributed by atoms with E-state index >= 15 is 0 Å². The molecule has 0 saturated carbocycles. The van der Waals surface area contributed by atoms with E-state index in [0.717, 1.165) is 16.4 Å². The Morgan fingerprint density at radius 1 is 1.25 bits per heavy atom. The van der Waals surface area contributed by atoms with Gasteiger partial charge in [-0.1, -0.05) is 52.0 Å². The van der Waals surface area contributed by atoms with E-state index in [1.165, 1.54) is 0 Å². The fourth-order valence-corrected chi connectivity index (χ4v) is 1.48.